The fourth-order valence-corrected chi connectivity index (χ4v) is 2.02. The van der Waals surface area contributed by atoms with Crippen LogP contribution in [0.2, 0.25) is 5.02 Å². The third-order valence-corrected chi connectivity index (χ3v) is 3.64. The van der Waals surface area contributed by atoms with Crippen molar-refractivity contribution in [2.75, 3.05) is 19.8 Å². The van der Waals surface area contributed by atoms with Gasteiger partial charge in [0.2, 0.25) is 0 Å². The van der Waals surface area contributed by atoms with Crippen LogP contribution in [0.25, 0.3) is 0 Å². The monoisotopic (exact) mass is 333 g/mol. The first-order valence-corrected chi connectivity index (χ1v) is 7.77. The van der Waals surface area contributed by atoms with Crippen LogP contribution in [-0.4, -0.2) is 25.7 Å². The Bertz CT molecular complexity index is 656. The number of nitrogens with one attached hydrogen (secondary N) is 1. The van der Waals surface area contributed by atoms with Crippen LogP contribution in [0.4, 0.5) is 0 Å². The molecule has 0 radical (unpaired) electrons. The average molecular weight is 334 g/mol. The van der Waals surface area contributed by atoms with Gasteiger partial charge in [-0.3, -0.25) is 4.79 Å². The molecular weight excluding hydrogens is 314 g/mol. The van der Waals surface area contributed by atoms with Gasteiger partial charge in [-0.05, 0) is 49.7 Å². The number of ether oxygens (including phenoxy) is 2. The molecule has 0 spiro atoms. The molecule has 0 fully saturated rings. The number of hydrogen-bond acceptors (Lipinski definition) is 3. The Morgan fingerprint density at radius 1 is 1.04 bits per heavy atom. The number of amides is 1. The number of hydrogen-bond donors (Lipinski definition) is 1. The molecule has 2 aromatic carbocycles. The minimum atomic E-state index is -0.190. The van der Waals surface area contributed by atoms with Crippen LogP contribution in [0.3, 0.4) is 0 Å². The zero-order valence-corrected chi connectivity index (χ0v) is 14.0. The Morgan fingerprint density at radius 3 is 2.43 bits per heavy atom. The van der Waals surface area contributed by atoms with E-state index in [1.807, 2.05) is 38.1 Å². The highest BCUT2D eigenvalue weighted by Gasteiger charge is 2.04. The fourth-order valence-electron chi connectivity index (χ4n) is 1.90. The summed E-state index contributed by atoms with van der Waals surface area (Å²) in [5, 5.41) is 3.42. The third-order valence-electron chi connectivity index (χ3n) is 3.21. The Morgan fingerprint density at radius 2 is 1.74 bits per heavy atom. The molecular formula is C18H20ClNO3. The van der Waals surface area contributed by atoms with Gasteiger partial charge in [0.1, 0.15) is 18.1 Å². The molecule has 122 valence electrons. The standard InChI is InChI=1S/C18H20ClNO3/c1-13-3-5-15(6-4-13)22-10-9-20-18(21)12-23-16-7-8-17(19)14(2)11-16/h3-8,11H,9-10,12H2,1-2H3,(H,20,21). The van der Waals surface area contributed by atoms with Gasteiger partial charge in [-0.25, -0.2) is 0 Å². The molecule has 0 aromatic heterocycles. The molecule has 2 rings (SSSR count). The van der Waals surface area contributed by atoms with E-state index in [2.05, 4.69) is 5.32 Å². The van der Waals surface area contributed by atoms with E-state index < -0.39 is 0 Å². The molecule has 0 atom stereocenters. The first kappa shape index (κ1) is 17.2. The molecule has 5 heteroatoms. The molecule has 0 saturated carbocycles. The van der Waals surface area contributed by atoms with Crippen LogP contribution in [0, 0.1) is 13.8 Å². The zero-order valence-electron chi connectivity index (χ0n) is 13.3. The summed E-state index contributed by atoms with van der Waals surface area (Å²) >= 11 is 5.94. The van der Waals surface area contributed by atoms with E-state index >= 15 is 0 Å². The molecule has 0 heterocycles. The van der Waals surface area contributed by atoms with Crippen LogP contribution in [0.5, 0.6) is 11.5 Å². The van der Waals surface area contributed by atoms with Gasteiger partial charge in [-0.15, -0.1) is 0 Å². The molecule has 23 heavy (non-hydrogen) atoms. The number of carbonyl (C=O) groups excluding carboxylic acids is 1. The van der Waals surface area contributed by atoms with Crippen LogP contribution >= 0.6 is 11.6 Å². The van der Waals surface area contributed by atoms with Crippen molar-refractivity contribution in [1.29, 1.82) is 0 Å². The van der Waals surface area contributed by atoms with E-state index in [9.17, 15) is 4.79 Å². The van der Waals surface area contributed by atoms with Gasteiger partial charge in [-0.2, -0.15) is 0 Å². The van der Waals surface area contributed by atoms with E-state index in [1.54, 1.807) is 18.2 Å². The quantitative estimate of drug-likeness (QED) is 0.788. The molecule has 0 aliphatic heterocycles. The summed E-state index contributed by atoms with van der Waals surface area (Å²) in [5.41, 5.74) is 2.09. The first-order chi connectivity index (χ1) is 11.0. The van der Waals surface area contributed by atoms with E-state index in [-0.39, 0.29) is 12.5 Å². The van der Waals surface area contributed by atoms with Crippen molar-refractivity contribution >= 4 is 17.5 Å². The van der Waals surface area contributed by atoms with E-state index in [1.165, 1.54) is 5.56 Å². The number of aryl methyl sites for hydroxylation is 2. The maximum atomic E-state index is 11.7. The fraction of sp³-hybridized carbons (Fsp3) is 0.278. The number of carbonyl (C=O) groups is 1. The lowest BCUT2D eigenvalue weighted by atomic mass is 10.2. The van der Waals surface area contributed by atoms with Gasteiger partial charge in [0.25, 0.3) is 5.91 Å². The van der Waals surface area contributed by atoms with Crippen molar-refractivity contribution in [1.82, 2.24) is 5.32 Å². The van der Waals surface area contributed by atoms with E-state index in [4.69, 9.17) is 21.1 Å². The lowest BCUT2D eigenvalue weighted by Crippen LogP contribution is -2.32. The molecule has 0 saturated heterocycles. The SMILES string of the molecule is Cc1ccc(OCCNC(=O)COc2ccc(Cl)c(C)c2)cc1. The summed E-state index contributed by atoms with van der Waals surface area (Å²) in [6.45, 7) is 4.71. The Balaban J connectivity index is 1.65. The van der Waals surface area contributed by atoms with Crippen LogP contribution in [0.1, 0.15) is 11.1 Å². The molecule has 0 aliphatic carbocycles. The second-order valence-corrected chi connectivity index (χ2v) is 5.62. The highest BCUT2D eigenvalue weighted by Crippen LogP contribution is 2.20. The van der Waals surface area contributed by atoms with Gasteiger partial charge >= 0.3 is 0 Å². The first-order valence-electron chi connectivity index (χ1n) is 7.40. The van der Waals surface area contributed by atoms with Gasteiger partial charge in [0, 0.05) is 5.02 Å². The minimum Gasteiger partial charge on any atom is -0.492 e. The average Bonchev–Trinajstić information content (AvgIpc) is 2.54. The van der Waals surface area contributed by atoms with Crippen molar-refractivity contribution in [2.45, 2.75) is 13.8 Å². The summed E-state index contributed by atoms with van der Waals surface area (Å²) in [6, 6.07) is 13.1. The number of benzene rings is 2. The molecule has 1 amide bonds. The lowest BCUT2D eigenvalue weighted by molar-refractivity contribution is -0.123. The van der Waals surface area contributed by atoms with Gasteiger partial charge in [-0.1, -0.05) is 29.3 Å². The molecule has 0 bridgehead atoms. The Hall–Kier alpha value is -2.20. The zero-order chi connectivity index (χ0) is 16.7. The second-order valence-electron chi connectivity index (χ2n) is 5.21. The molecule has 2 aromatic rings. The maximum Gasteiger partial charge on any atom is 0.258 e. The van der Waals surface area contributed by atoms with Crippen molar-refractivity contribution in [3.8, 4) is 11.5 Å². The maximum absolute atomic E-state index is 11.7. The van der Waals surface area contributed by atoms with Crippen LogP contribution < -0.4 is 14.8 Å². The smallest absolute Gasteiger partial charge is 0.258 e. The summed E-state index contributed by atoms with van der Waals surface area (Å²) < 4.78 is 11.0. The topological polar surface area (TPSA) is 47.6 Å². The highest BCUT2D eigenvalue weighted by atomic mass is 35.5. The minimum absolute atomic E-state index is 0.0361. The van der Waals surface area contributed by atoms with Crippen molar-refractivity contribution in [2.24, 2.45) is 0 Å². The Kier molecular flexibility index (Phi) is 6.29. The van der Waals surface area contributed by atoms with Gasteiger partial charge in [0.05, 0.1) is 6.54 Å². The van der Waals surface area contributed by atoms with Gasteiger partial charge in [0.15, 0.2) is 6.61 Å². The van der Waals surface area contributed by atoms with Gasteiger partial charge < -0.3 is 14.8 Å². The molecule has 0 aliphatic rings. The molecule has 0 unspecified atom stereocenters. The van der Waals surface area contributed by atoms with Crippen LogP contribution in [-0.2, 0) is 4.79 Å². The van der Waals surface area contributed by atoms with E-state index in [0.717, 1.165) is 11.3 Å². The summed E-state index contributed by atoms with van der Waals surface area (Å²) in [6.07, 6.45) is 0. The summed E-state index contributed by atoms with van der Waals surface area (Å²) in [7, 11) is 0. The van der Waals surface area contributed by atoms with E-state index in [0.29, 0.717) is 23.9 Å². The number of halogens is 1. The highest BCUT2D eigenvalue weighted by molar-refractivity contribution is 6.31. The second kappa shape index (κ2) is 8.44. The number of rotatable bonds is 7. The largest absolute Gasteiger partial charge is 0.492 e. The summed E-state index contributed by atoms with van der Waals surface area (Å²) in [5.74, 6) is 1.22. The predicted octanol–water partition coefficient (Wildman–Crippen LogP) is 3.53. The molecule has 1 N–H and O–H groups in total. The van der Waals surface area contributed by atoms with Crippen molar-refractivity contribution < 1.29 is 14.3 Å². The van der Waals surface area contributed by atoms with Crippen molar-refractivity contribution in [3.05, 3.63) is 58.6 Å². The Labute approximate surface area is 141 Å². The summed E-state index contributed by atoms with van der Waals surface area (Å²) in [4.78, 5) is 11.7. The third kappa shape index (κ3) is 5.83. The lowest BCUT2D eigenvalue weighted by Gasteiger charge is -2.09. The van der Waals surface area contributed by atoms with Crippen molar-refractivity contribution in [3.63, 3.8) is 0 Å². The predicted molar refractivity (Wildman–Crippen MR) is 91.4 cm³/mol. The van der Waals surface area contributed by atoms with Crippen LogP contribution in [0.15, 0.2) is 42.5 Å². The normalized spacial score (nSPS) is 10.2. The molecule has 4 nitrogen and oxygen atoms in total.